The second-order valence-electron chi connectivity index (χ2n) is 7.13. The molecule has 3 heterocycles. The molecule has 8 heteroatoms. The number of hydrogen-bond acceptors (Lipinski definition) is 5. The van der Waals surface area contributed by atoms with Crippen LogP contribution in [0.1, 0.15) is 5.56 Å². The molecule has 0 amide bonds. The van der Waals surface area contributed by atoms with E-state index in [9.17, 15) is 8.42 Å². The topological polar surface area (TPSA) is 58.4 Å². The first-order chi connectivity index (χ1) is 14.0. The van der Waals surface area contributed by atoms with E-state index in [4.69, 9.17) is 0 Å². The highest BCUT2D eigenvalue weighted by Crippen LogP contribution is 2.28. The lowest BCUT2D eigenvalue weighted by atomic mass is 10.1. The molecule has 1 fully saturated rings. The summed E-state index contributed by atoms with van der Waals surface area (Å²) in [5, 5.41) is 0.958. The predicted molar refractivity (Wildman–Crippen MR) is 121 cm³/mol. The van der Waals surface area contributed by atoms with Crippen LogP contribution in [0.15, 0.2) is 65.9 Å². The van der Waals surface area contributed by atoms with E-state index in [1.54, 1.807) is 6.20 Å². The number of benzene rings is 1. The van der Waals surface area contributed by atoms with Crippen LogP contribution in [-0.4, -0.2) is 54.2 Å². The molecule has 0 atom stereocenters. The van der Waals surface area contributed by atoms with Gasteiger partial charge in [-0.1, -0.05) is 28.1 Å². The minimum absolute atomic E-state index is 0.0883. The predicted octanol–water partition coefficient (Wildman–Crippen LogP) is 3.48. The average molecular weight is 475 g/mol. The van der Waals surface area contributed by atoms with E-state index >= 15 is 0 Å². The van der Waals surface area contributed by atoms with E-state index in [-0.39, 0.29) is 5.75 Å². The van der Waals surface area contributed by atoms with Crippen molar-refractivity contribution in [3.05, 3.63) is 71.5 Å². The highest BCUT2D eigenvalue weighted by atomic mass is 79.9. The number of halogens is 1. The number of anilines is 1. The summed E-state index contributed by atoms with van der Waals surface area (Å²) in [6.45, 7) is 7.88. The van der Waals surface area contributed by atoms with E-state index in [1.807, 2.05) is 42.6 Å². The van der Waals surface area contributed by atoms with Crippen molar-refractivity contribution in [3.8, 4) is 0 Å². The number of piperazine rings is 1. The Morgan fingerprint density at radius 3 is 2.62 bits per heavy atom. The minimum Gasteiger partial charge on any atom is -0.354 e. The van der Waals surface area contributed by atoms with E-state index in [0.717, 1.165) is 47.4 Å². The van der Waals surface area contributed by atoms with Gasteiger partial charge in [-0.15, -0.1) is 6.58 Å². The molecule has 0 radical (unpaired) electrons. The van der Waals surface area contributed by atoms with Crippen molar-refractivity contribution in [2.24, 2.45) is 0 Å². The maximum absolute atomic E-state index is 12.7. The lowest BCUT2D eigenvalue weighted by Crippen LogP contribution is -2.46. The maximum Gasteiger partial charge on any atom is 0.242 e. The smallest absolute Gasteiger partial charge is 0.242 e. The first kappa shape index (κ1) is 20.1. The van der Waals surface area contributed by atoms with Crippen LogP contribution < -0.4 is 4.90 Å². The van der Waals surface area contributed by atoms with Gasteiger partial charge in [-0.3, -0.25) is 4.90 Å². The zero-order chi connectivity index (χ0) is 20.4. The molecule has 4 rings (SSSR count). The van der Waals surface area contributed by atoms with Gasteiger partial charge in [0.15, 0.2) is 0 Å². The number of rotatable bonds is 6. The molecule has 0 unspecified atom stereocenters. The third kappa shape index (κ3) is 4.24. The molecular weight excluding hydrogens is 452 g/mol. The van der Waals surface area contributed by atoms with Crippen molar-refractivity contribution in [1.29, 1.82) is 0 Å². The fraction of sp³-hybridized carbons (Fsp3) is 0.286. The normalized spacial score (nSPS) is 15.7. The van der Waals surface area contributed by atoms with E-state index in [2.05, 4.69) is 37.3 Å². The molecule has 0 N–H and O–H groups in total. The van der Waals surface area contributed by atoms with E-state index in [0.29, 0.717) is 12.1 Å². The number of aromatic nitrogens is 2. The fourth-order valence-electron chi connectivity index (χ4n) is 3.74. The molecule has 1 aliphatic rings. The summed E-state index contributed by atoms with van der Waals surface area (Å²) in [6, 6.07) is 11.7. The molecule has 0 bridgehead atoms. The molecule has 1 saturated heterocycles. The summed E-state index contributed by atoms with van der Waals surface area (Å²) < 4.78 is 27.7. The van der Waals surface area contributed by atoms with Crippen LogP contribution in [0.4, 0.5) is 5.82 Å². The first-order valence-corrected chi connectivity index (χ1v) is 11.9. The van der Waals surface area contributed by atoms with Crippen molar-refractivity contribution in [2.45, 2.75) is 6.54 Å². The van der Waals surface area contributed by atoms with Gasteiger partial charge in [-0.05, 0) is 35.9 Å². The minimum atomic E-state index is -3.47. The van der Waals surface area contributed by atoms with Gasteiger partial charge < -0.3 is 4.90 Å². The molecule has 6 nitrogen and oxygen atoms in total. The monoisotopic (exact) mass is 474 g/mol. The number of nitrogens with zero attached hydrogens (tertiary/aromatic N) is 4. The van der Waals surface area contributed by atoms with Crippen LogP contribution >= 0.6 is 15.9 Å². The molecule has 0 aliphatic carbocycles. The largest absolute Gasteiger partial charge is 0.354 e. The van der Waals surface area contributed by atoms with Gasteiger partial charge in [0.2, 0.25) is 10.0 Å². The first-order valence-electron chi connectivity index (χ1n) is 9.50. The van der Waals surface area contributed by atoms with Crippen LogP contribution in [-0.2, 0) is 16.6 Å². The lowest BCUT2D eigenvalue weighted by molar-refractivity contribution is 0.250. The summed E-state index contributed by atoms with van der Waals surface area (Å²) in [6.07, 6.45) is 5.01. The van der Waals surface area contributed by atoms with E-state index in [1.165, 1.54) is 10.0 Å². The van der Waals surface area contributed by atoms with Gasteiger partial charge in [0.1, 0.15) is 5.82 Å². The average Bonchev–Trinajstić information content (AvgIpc) is 3.08. The molecule has 0 spiro atoms. The van der Waals surface area contributed by atoms with Gasteiger partial charge in [0.05, 0.1) is 11.3 Å². The molecule has 1 aromatic carbocycles. The third-order valence-corrected chi connectivity index (χ3v) is 7.23. The van der Waals surface area contributed by atoms with E-state index < -0.39 is 10.0 Å². The standard InChI is InChI=1S/C21H23BrN4O2S/c1-2-13-29(27,28)26-16-17(19-14-18(22)6-7-20(19)26)15-24-9-11-25(12-10-24)21-5-3-4-8-23-21/h2-8,14,16H,1,9-13,15H2. The number of hydrogen-bond donors (Lipinski definition) is 0. The quantitative estimate of drug-likeness (QED) is 0.511. The summed E-state index contributed by atoms with van der Waals surface area (Å²) in [4.78, 5) is 9.08. The number of pyridine rings is 1. The second-order valence-corrected chi connectivity index (χ2v) is 9.94. The summed E-state index contributed by atoms with van der Waals surface area (Å²) in [7, 11) is -3.47. The van der Waals surface area contributed by atoms with Crippen molar-refractivity contribution < 1.29 is 8.42 Å². The zero-order valence-corrected chi connectivity index (χ0v) is 18.4. The van der Waals surface area contributed by atoms with Crippen LogP contribution in [0.25, 0.3) is 10.9 Å². The summed E-state index contributed by atoms with van der Waals surface area (Å²) in [5.41, 5.74) is 1.72. The highest BCUT2D eigenvalue weighted by molar-refractivity contribution is 9.10. The van der Waals surface area contributed by atoms with Gasteiger partial charge in [-0.25, -0.2) is 17.4 Å². The highest BCUT2D eigenvalue weighted by Gasteiger charge is 2.22. The van der Waals surface area contributed by atoms with Gasteiger partial charge in [-0.2, -0.15) is 0 Å². The lowest BCUT2D eigenvalue weighted by Gasteiger charge is -2.35. The van der Waals surface area contributed by atoms with Gasteiger partial charge in [0, 0.05) is 55.0 Å². The Morgan fingerprint density at radius 1 is 1.14 bits per heavy atom. The SMILES string of the molecule is C=CCS(=O)(=O)n1cc(CN2CCN(c3ccccn3)CC2)c2cc(Br)ccc21. The maximum atomic E-state index is 12.7. The van der Waals surface area contributed by atoms with Crippen molar-refractivity contribution in [1.82, 2.24) is 13.9 Å². The number of fused-ring (bicyclic) bond motifs is 1. The van der Waals surface area contributed by atoms with Crippen molar-refractivity contribution >= 4 is 42.7 Å². The second kappa shape index (κ2) is 8.30. The molecular formula is C21H23BrN4O2S. The Balaban J connectivity index is 1.57. The fourth-order valence-corrected chi connectivity index (χ4v) is 5.31. The van der Waals surface area contributed by atoms with Gasteiger partial charge >= 0.3 is 0 Å². The molecule has 3 aromatic rings. The third-order valence-electron chi connectivity index (χ3n) is 5.18. The Bertz CT molecular complexity index is 1120. The molecule has 29 heavy (non-hydrogen) atoms. The molecule has 0 saturated carbocycles. The van der Waals surface area contributed by atoms with Crippen LogP contribution in [0.3, 0.4) is 0 Å². The zero-order valence-electron chi connectivity index (χ0n) is 16.0. The molecule has 1 aliphatic heterocycles. The Morgan fingerprint density at radius 2 is 1.93 bits per heavy atom. The van der Waals surface area contributed by atoms with Crippen molar-refractivity contribution in [3.63, 3.8) is 0 Å². The Hall–Kier alpha value is -2.16. The van der Waals surface area contributed by atoms with Crippen LogP contribution in [0.5, 0.6) is 0 Å². The Kier molecular flexibility index (Phi) is 5.76. The van der Waals surface area contributed by atoms with Crippen LogP contribution in [0, 0.1) is 0 Å². The van der Waals surface area contributed by atoms with Crippen molar-refractivity contribution in [2.75, 3.05) is 36.8 Å². The molecule has 152 valence electrons. The van der Waals surface area contributed by atoms with Crippen LogP contribution in [0.2, 0.25) is 0 Å². The summed E-state index contributed by atoms with van der Waals surface area (Å²) in [5.74, 6) is 0.915. The van der Waals surface area contributed by atoms with Gasteiger partial charge in [0.25, 0.3) is 0 Å². The Labute approximate surface area is 179 Å². The molecule has 2 aromatic heterocycles. The summed E-state index contributed by atoms with van der Waals surface area (Å²) >= 11 is 3.51.